The molecular weight excluding hydrogens is 913 g/mol. The number of hydrogen-bond donors (Lipinski definition) is 0. The SMILES string of the molecule is CC(C)(C)c1cc2c([c-]c1-c1ccccc1)Cc1cc(-c3ccccc3)c(C(C)(C)C)cc1-2.FC(F)(F)c1cccc([C](=[Zr+2])c2cccc(C(F)(F)F)c2)c1.[C-]1=CC=CC1.[Cl-].[Cl-]. The van der Waals surface area contributed by atoms with E-state index in [0.29, 0.717) is 3.21 Å². The second-order valence-electron chi connectivity index (χ2n) is 16.9. The standard InChI is InChI=1S/C33H33.C15H8F6.C5H5.2ClH.Zr/c1-32(2,3)30-20-26-24(18-28(30)22-13-9-7-10-14-22)17-25-19-29(23-15-11-8-12-16-23)31(21-27(25)26)33(4,5)6;16-14(17,18)12-5-1-3-10(8-12)7-11-4-2-6-13(9-11)15(19,20)21;1-2-4-5-3-1;;;/h7-16,18,20-21H,17H2,1-6H3;1-6,8-9H;1-3H,4H2;2*1H;/q-1;;-1;;;+2/p-2. The first kappa shape index (κ1) is 50.4. The summed E-state index contributed by atoms with van der Waals surface area (Å²) >= 11 is 0.729. The minimum absolute atomic E-state index is 0. The third-order valence-electron chi connectivity index (χ3n) is 10.4. The second kappa shape index (κ2) is 20.5. The number of halogens is 8. The maximum absolute atomic E-state index is 12.7. The summed E-state index contributed by atoms with van der Waals surface area (Å²) in [5.41, 5.74) is 12.4. The molecule has 62 heavy (non-hydrogen) atoms. The molecule has 0 heterocycles. The topological polar surface area (TPSA) is 0 Å². The van der Waals surface area contributed by atoms with Gasteiger partial charge >= 0.3 is 137 Å². The van der Waals surface area contributed by atoms with Crippen molar-refractivity contribution >= 4 is 3.21 Å². The third-order valence-corrected chi connectivity index (χ3v) is 11.8. The molecule has 8 rings (SSSR count). The molecule has 0 saturated carbocycles. The minimum Gasteiger partial charge on any atom is -1.00 e. The van der Waals surface area contributed by atoms with Gasteiger partial charge in [0.15, 0.2) is 0 Å². The van der Waals surface area contributed by atoms with E-state index in [2.05, 4.69) is 139 Å². The molecule has 0 radical (unpaired) electrons. The van der Waals surface area contributed by atoms with Crippen molar-refractivity contribution in [3.8, 4) is 33.4 Å². The zero-order valence-corrected chi connectivity index (χ0v) is 39.3. The van der Waals surface area contributed by atoms with E-state index in [1.54, 1.807) is 0 Å². The van der Waals surface area contributed by atoms with Gasteiger partial charge in [-0.25, -0.2) is 12.2 Å². The van der Waals surface area contributed by atoms with Crippen LogP contribution < -0.4 is 24.8 Å². The summed E-state index contributed by atoms with van der Waals surface area (Å²) in [6.07, 6.45) is 1.97. The predicted octanol–water partition coefficient (Wildman–Crippen LogP) is 9.14. The summed E-state index contributed by atoms with van der Waals surface area (Å²) in [7, 11) is 0. The number of rotatable bonds is 4. The van der Waals surface area contributed by atoms with Crippen LogP contribution in [0.15, 0.2) is 146 Å². The van der Waals surface area contributed by atoms with Crippen molar-refractivity contribution in [1.29, 1.82) is 0 Å². The van der Waals surface area contributed by atoms with Crippen molar-refractivity contribution in [2.24, 2.45) is 0 Å². The van der Waals surface area contributed by atoms with Crippen LogP contribution in [0.1, 0.15) is 92.5 Å². The van der Waals surface area contributed by atoms with E-state index >= 15 is 0 Å². The average Bonchev–Trinajstić information content (AvgIpc) is 3.91. The Hall–Kier alpha value is -4.29. The van der Waals surface area contributed by atoms with Crippen LogP contribution >= 0.6 is 0 Å². The number of benzene rings is 6. The summed E-state index contributed by atoms with van der Waals surface area (Å²) in [6, 6.07) is 42.0. The Balaban J connectivity index is 0.000000252. The number of alkyl halides is 6. The van der Waals surface area contributed by atoms with E-state index in [4.69, 9.17) is 0 Å². The fourth-order valence-corrected chi connectivity index (χ4v) is 8.08. The molecule has 0 spiro atoms. The summed E-state index contributed by atoms with van der Waals surface area (Å²) in [5.74, 6) is 0. The van der Waals surface area contributed by atoms with Crippen molar-refractivity contribution < 1.29 is 75.4 Å². The molecule has 0 amide bonds. The van der Waals surface area contributed by atoms with Gasteiger partial charge in [-0.05, 0) is 39.5 Å². The average molecular weight is 959 g/mol. The molecule has 2 aliphatic rings. The normalized spacial score (nSPS) is 12.7. The number of hydrogen-bond acceptors (Lipinski definition) is 0. The van der Waals surface area contributed by atoms with Gasteiger partial charge < -0.3 is 24.8 Å². The van der Waals surface area contributed by atoms with Gasteiger partial charge in [-0.2, -0.15) is 6.08 Å². The van der Waals surface area contributed by atoms with Crippen molar-refractivity contribution in [1.82, 2.24) is 0 Å². The van der Waals surface area contributed by atoms with Crippen molar-refractivity contribution in [2.75, 3.05) is 0 Å². The van der Waals surface area contributed by atoms with Crippen LogP contribution in [0.2, 0.25) is 0 Å². The summed E-state index contributed by atoms with van der Waals surface area (Å²) in [6.45, 7) is 13.9. The fraction of sp³-hybridized carbons (Fsp3) is 0.226. The molecule has 0 saturated heterocycles. The summed E-state index contributed by atoms with van der Waals surface area (Å²) < 4.78 is 76.7. The van der Waals surface area contributed by atoms with Crippen LogP contribution in [0.4, 0.5) is 26.3 Å². The molecule has 6 aromatic carbocycles. The molecule has 0 fully saturated rings. The Morgan fingerprint density at radius 3 is 1.48 bits per heavy atom. The van der Waals surface area contributed by atoms with Crippen molar-refractivity contribution in [3.63, 3.8) is 0 Å². The summed E-state index contributed by atoms with van der Waals surface area (Å²) in [5, 5.41) is 0. The largest absolute Gasteiger partial charge is 1.00 e. The first-order valence-electron chi connectivity index (χ1n) is 19.8. The van der Waals surface area contributed by atoms with E-state index in [9.17, 15) is 26.3 Å². The van der Waals surface area contributed by atoms with E-state index in [0.717, 1.165) is 61.3 Å². The number of fused-ring (bicyclic) bond motifs is 3. The van der Waals surface area contributed by atoms with Gasteiger partial charge in [0.25, 0.3) is 0 Å². The van der Waals surface area contributed by atoms with Crippen LogP contribution in [-0.2, 0) is 53.8 Å². The zero-order valence-electron chi connectivity index (χ0n) is 35.3. The zero-order chi connectivity index (χ0) is 43.5. The molecule has 0 nitrogen and oxygen atoms in total. The first-order valence-corrected chi connectivity index (χ1v) is 21.0. The van der Waals surface area contributed by atoms with Gasteiger partial charge in [0, 0.05) is 0 Å². The fourth-order valence-electron chi connectivity index (χ4n) is 7.31. The monoisotopic (exact) mass is 956 g/mol. The van der Waals surface area contributed by atoms with Gasteiger partial charge in [-0.3, -0.25) is 6.08 Å². The Morgan fingerprint density at radius 2 is 1.05 bits per heavy atom. The van der Waals surface area contributed by atoms with Gasteiger partial charge in [0.1, 0.15) is 0 Å². The molecule has 0 N–H and O–H groups in total. The second-order valence-corrected chi connectivity index (χ2v) is 18.2. The van der Waals surface area contributed by atoms with Gasteiger partial charge in [0.05, 0.1) is 0 Å². The molecule has 0 atom stereocenters. The molecular formula is C53H46Cl2F6Zr-2. The first-order chi connectivity index (χ1) is 28.2. The number of allylic oxidation sites excluding steroid dienone is 4. The van der Waals surface area contributed by atoms with Crippen molar-refractivity contribution in [3.05, 3.63) is 202 Å². The third kappa shape index (κ3) is 12.2. The smallest absolute Gasteiger partial charge is 0.109 e. The Kier molecular flexibility index (Phi) is 16.6. The molecule has 0 unspecified atom stereocenters. The molecule has 6 aromatic rings. The maximum Gasteiger partial charge on any atom is -0.109 e. The van der Waals surface area contributed by atoms with Gasteiger partial charge in [-0.15, -0.1) is 35.2 Å². The molecule has 9 heteroatoms. The van der Waals surface area contributed by atoms with Gasteiger partial charge in [-0.1, -0.05) is 131 Å². The maximum atomic E-state index is 12.7. The summed E-state index contributed by atoms with van der Waals surface area (Å²) in [4.78, 5) is 0. The predicted molar refractivity (Wildman–Crippen MR) is 229 cm³/mol. The Bertz CT molecular complexity index is 2370. The van der Waals surface area contributed by atoms with E-state index in [1.807, 2.05) is 12.2 Å². The van der Waals surface area contributed by atoms with Crippen LogP contribution in [0.3, 0.4) is 0 Å². The van der Waals surface area contributed by atoms with Gasteiger partial charge in [0.2, 0.25) is 0 Å². The molecule has 0 aliphatic heterocycles. The molecule has 0 bridgehead atoms. The molecule has 320 valence electrons. The van der Waals surface area contributed by atoms with E-state index < -0.39 is 23.5 Å². The van der Waals surface area contributed by atoms with Crippen LogP contribution in [-0.4, -0.2) is 3.21 Å². The van der Waals surface area contributed by atoms with Crippen LogP contribution in [0.5, 0.6) is 0 Å². The Labute approximate surface area is 389 Å². The van der Waals surface area contributed by atoms with Crippen molar-refractivity contribution in [2.45, 2.75) is 77.6 Å². The van der Waals surface area contributed by atoms with Crippen LogP contribution in [0, 0.1) is 12.1 Å². The molecule has 2 aliphatic carbocycles. The quantitative estimate of drug-likeness (QED) is 0.122. The van der Waals surface area contributed by atoms with E-state index in [-0.39, 0.29) is 46.8 Å². The Morgan fingerprint density at radius 1 is 0.548 bits per heavy atom. The van der Waals surface area contributed by atoms with E-state index in [1.165, 1.54) is 79.9 Å². The molecule has 0 aromatic heterocycles. The minimum atomic E-state index is -4.49. The van der Waals surface area contributed by atoms with Crippen LogP contribution in [0.25, 0.3) is 33.4 Å².